The summed E-state index contributed by atoms with van der Waals surface area (Å²) < 4.78 is 10.1. The van der Waals surface area contributed by atoms with Gasteiger partial charge in [0.05, 0.1) is 0 Å². The lowest BCUT2D eigenvalue weighted by molar-refractivity contribution is -0.139. The Balaban J connectivity index is 2.24. The maximum absolute atomic E-state index is 11.7. The number of rotatable bonds is 9. The molecule has 156 valence electrons. The highest BCUT2D eigenvalue weighted by Gasteiger charge is 2.23. The van der Waals surface area contributed by atoms with Gasteiger partial charge < -0.3 is 25.2 Å². The summed E-state index contributed by atoms with van der Waals surface area (Å²) in [5, 5.41) is 14.6. The molecule has 0 fully saturated rings. The molecular formula is C19H27ClN2O6. The number of hydrogen-bond acceptors (Lipinski definition) is 5. The minimum atomic E-state index is -1.14. The van der Waals surface area contributed by atoms with E-state index in [4.69, 9.17) is 21.1 Å². The number of halogens is 1. The molecule has 0 heterocycles. The van der Waals surface area contributed by atoms with Crippen LogP contribution in [-0.4, -0.2) is 41.4 Å². The summed E-state index contributed by atoms with van der Waals surface area (Å²) in [4.78, 5) is 34.6. The monoisotopic (exact) mass is 414 g/mol. The number of benzene rings is 1. The Morgan fingerprint density at radius 2 is 1.82 bits per heavy atom. The molecule has 0 aliphatic rings. The van der Waals surface area contributed by atoms with E-state index in [0.29, 0.717) is 30.0 Å². The Hall–Kier alpha value is -2.48. The number of carbonyl (C=O) groups excluding carboxylic acids is 2. The zero-order valence-corrected chi connectivity index (χ0v) is 17.0. The average molecular weight is 415 g/mol. The fraction of sp³-hybridized carbons (Fsp3) is 0.526. The fourth-order valence-electron chi connectivity index (χ4n) is 2.18. The molecule has 0 unspecified atom stereocenters. The van der Waals surface area contributed by atoms with Crippen LogP contribution >= 0.6 is 11.6 Å². The van der Waals surface area contributed by atoms with E-state index in [0.717, 1.165) is 0 Å². The van der Waals surface area contributed by atoms with Crippen molar-refractivity contribution in [1.29, 1.82) is 0 Å². The summed E-state index contributed by atoms with van der Waals surface area (Å²) in [5.74, 6) is -1.14. The zero-order valence-electron chi connectivity index (χ0n) is 16.3. The van der Waals surface area contributed by atoms with Gasteiger partial charge in [-0.2, -0.15) is 0 Å². The van der Waals surface area contributed by atoms with E-state index < -0.39 is 29.8 Å². The van der Waals surface area contributed by atoms with E-state index in [1.807, 2.05) is 0 Å². The highest BCUT2D eigenvalue weighted by atomic mass is 35.5. The van der Waals surface area contributed by atoms with Crippen LogP contribution in [0, 0.1) is 0 Å². The lowest BCUT2D eigenvalue weighted by atomic mass is 10.1. The molecule has 3 N–H and O–H groups in total. The first-order valence-corrected chi connectivity index (χ1v) is 9.32. The quantitative estimate of drug-likeness (QED) is 0.530. The lowest BCUT2D eigenvalue weighted by Gasteiger charge is -2.22. The van der Waals surface area contributed by atoms with Crippen LogP contribution in [-0.2, 0) is 20.9 Å². The second kappa shape index (κ2) is 11.4. The van der Waals surface area contributed by atoms with Crippen molar-refractivity contribution in [3.63, 3.8) is 0 Å². The van der Waals surface area contributed by atoms with Gasteiger partial charge >= 0.3 is 18.2 Å². The molecular weight excluding hydrogens is 388 g/mol. The molecule has 1 atom stereocenters. The van der Waals surface area contributed by atoms with E-state index in [9.17, 15) is 19.5 Å². The SMILES string of the molecule is CC(C)(C)OC(=O)N[C@@H](CCCCNC(=O)OCc1ccccc1Cl)C(=O)O. The van der Waals surface area contributed by atoms with Crippen LogP contribution in [0.4, 0.5) is 9.59 Å². The van der Waals surface area contributed by atoms with Gasteiger partial charge in [-0.15, -0.1) is 0 Å². The van der Waals surface area contributed by atoms with E-state index in [-0.39, 0.29) is 13.0 Å². The summed E-state index contributed by atoms with van der Waals surface area (Å²) >= 11 is 5.98. The minimum Gasteiger partial charge on any atom is -0.480 e. The van der Waals surface area contributed by atoms with Crippen molar-refractivity contribution >= 4 is 29.8 Å². The van der Waals surface area contributed by atoms with Crippen molar-refractivity contribution in [3.8, 4) is 0 Å². The van der Waals surface area contributed by atoms with Crippen LogP contribution in [0.2, 0.25) is 5.02 Å². The largest absolute Gasteiger partial charge is 0.480 e. The second-order valence-corrected chi connectivity index (χ2v) is 7.53. The molecule has 1 rings (SSSR count). The van der Waals surface area contributed by atoms with Gasteiger partial charge in [-0.05, 0) is 46.1 Å². The zero-order chi connectivity index (χ0) is 21.2. The molecule has 8 nitrogen and oxygen atoms in total. The van der Waals surface area contributed by atoms with Crippen LogP contribution in [0.15, 0.2) is 24.3 Å². The number of alkyl carbamates (subject to hydrolysis) is 2. The first-order chi connectivity index (χ1) is 13.1. The van der Waals surface area contributed by atoms with Crippen LogP contribution in [0.1, 0.15) is 45.6 Å². The van der Waals surface area contributed by atoms with Gasteiger partial charge in [0.2, 0.25) is 0 Å². The number of ether oxygens (including phenoxy) is 2. The third kappa shape index (κ3) is 10.0. The first kappa shape index (κ1) is 23.6. The summed E-state index contributed by atoms with van der Waals surface area (Å²) in [7, 11) is 0. The molecule has 0 aromatic heterocycles. The number of carbonyl (C=O) groups is 3. The molecule has 0 saturated carbocycles. The predicted molar refractivity (Wildman–Crippen MR) is 104 cm³/mol. The number of nitrogens with one attached hydrogen (secondary N) is 2. The average Bonchev–Trinajstić information content (AvgIpc) is 2.58. The molecule has 9 heteroatoms. The molecule has 2 amide bonds. The molecule has 0 aliphatic heterocycles. The van der Waals surface area contributed by atoms with Crippen molar-refractivity contribution in [2.45, 2.75) is 58.3 Å². The number of carboxylic acids is 1. The summed E-state index contributed by atoms with van der Waals surface area (Å²) in [6.07, 6.45) is -0.133. The van der Waals surface area contributed by atoms with Crippen LogP contribution in [0.25, 0.3) is 0 Å². The van der Waals surface area contributed by atoms with Gasteiger partial charge in [0.1, 0.15) is 18.2 Å². The Morgan fingerprint density at radius 3 is 2.43 bits per heavy atom. The van der Waals surface area contributed by atoms with Gasteiger partial charge in [0.25, 0.3) is 0 Å². The molecule has 1 aromatic rings. The van der Waals surface area contributed by atoms with Gasteiger partial charge in [-0.1, -0.05) is 29.8 Å². The molecule has 0 aliphatic carbocycles. The fourth-order valence-corrected chi connectivity index (χ4v) is 2.37. The van der Waals surface area contributed by atoms with E-state index >= 15 is 0 Å². The smallest absolute Gasteiger partial charge is 0.408 e. The number of hydrogen-bond donors (Lipinski definition) is 3. The third-order valence-electron chi connectivity index (χ3n) is 3.49. The normalized spacial score (nSPS) is 12.0. The first-order valence-electron chi connectivity index (χ1n) is 8.95. The number of amides is 2. The summed E-state index contributed by atoms with van der Waals surface area (Å²) in [6.45, 7) is 5.46. The highest BCUT2D eigenvalue weighted by molar-refractivity contribution is 6.31. The van der Waals surface area contributed by atoms with Crippen molar-refractivity contribution in [2.75, 3.05) is 6.54 Å². The van der Waals surface area contributed by atoms with E-state index in [1.165, 1.54) is 0 Å². The van der Waals surface area contributed by atoms with Crippen molar-refractivity contribution in [1.82, 2.24) is 10.6 Å². The standard InChI is InChI=1S/C19H27ClN2O6/c1-19(2,3)28-18(26)22-15(16(23)24)10-6-7-11-21-17(25)27-12-13-8-4-5-9-14(13)20/h4-5,8-9,15H,6-7,10-12H2,1-3H3,(H,21,25)(H,22,26)(H,23,24)/t15-/m0/s1. The van der Waals surface area contributed by atoms with Gasteiger partial charge in [-0.25, -0.2) is 14.4 Å². The van der Waals surface area contributed by atoms with Crippen molar-refractivity contribution in [2.24, 2.45) is 0 Å². The lowest BCUT2D eigenvalue weighted by Crippen LogP contribution is -2.43. The number of carboxylic acid groups (broad SMARTS) is 1. The van der Waals surface area contributed by atoms with Gasteiger partial charge in [-0.3, -0.25) is 0 Å². The van der Waals surface area contributed by atoms with E-state index in [1.54, 1.807) is 45.0 Å². The number of aliphatic carboxylic acids is 1. The Kier molecular flexibility index (Phi) is 9.58. The Bertz CT molecular complexity index is 675. The maximum atomic E-state index is 11.7. The molecule has 0 saturated heterocycles. The van der Waals surface area contributed by atoms with Gasteiger partial charge in [0, 0.05) is 17.1 Å². The van der Waals surface area contributed by atoms with Crippen molar-refractivity contribution in [3.05, 3.63) is 34.9 Å². The summed E-state index contributed by atoms with van der Waals surface area (Å²) in [6, 6.07) is 6.00. The molecule has 0 radical (unpaired) electrons. The van der Waals surface area contributed by atoms with Crippen LogP contribution in [0.3, 0.4) is 0 Å². The summed E-state index contributed by atoms with van der Waals surface area (Å²) in [5.41, 5.74) is -0.00155. The second-order valence-electron chi connectivity index (χ2n) is 7.13. The van der Waals surface area contributed by atoms with Gasteiger partial charge in [0.15, 0.2) is 0 Å². The van der Waals surface area contributed by atoms with Crippen LogP contribution in [0.5, 0.6) is 0 Å². The van der Waals surface area contributed by atoms with Crippen molar-refractivity contribution < 1.29 is 29.0 Å². The molecule has 28 heavy (non-hydrogen) atoms. The molecule has 0 spiro atoms. The Morgan fingerprint density at radius 1 is 1.14 bits per heavy atom. The number of unbranched alkanes of at least 4 members (excludes halogenated alkanes) is 1. The predicted octanol–water partition coefficient (Wildman–Crippen LogP) is 3.71. The van der Waals surface area contributed by atoms with Crippen LogP contribution < -0.4 is 10.6 Å². The minimum absolute atomic E-state index is 0.0619. The Labute approximate surface area is 169 Å². The van der Waals surface area contributed by atoms with E-state index in [2.05, 4.69) is 10.6 Å². The maximum Gasteiger partial charge on any atom is 0.408 e. The molecule has 1 aromatic carbocycles. The highest BCUT2D eigenvalue weighted by Crippen LogP contribution is 2.15. The molecule has 0 bridgehead atoms. The topological polar surface area (TPSA) is 114 Å². The third-order valence-corrected chi connectivity index (χ3v) is 3.86.